The van der Waals surface area contributed by atoms with Crippen LogP contribution in [0.25, 0.3) is 0 Å². The largest absolute Gasteiger partial charge is 0.454 e. The number of carbonyl (C=O) groups excluding carboxylic acids is 2. The van der Waals surface area contributed by atoms with Crippen LogP contribution in [-0.4, -0.2) is 45.4 Å². The van der Waals surface area contributed by atoms with E-state index in [0.717, 1.165) is 37.4 Å². The fraction of sp³-hybridized carbons (Fsp3) is 0.500. The summed E-state index contributed by atoms with van der Waals surface area (Å²) < 4.78 is 14.4. The van der Waals surface area contributed by atoms with E-state index in [-0.39, 0.29) is 18.5 Å². The highest BCUT2D eigenvalue weighted by Crippen LogP contribution is 2.20. The molecule has 1 aliphatic heterocycles. The van der Waals surface area contributed by atoms with Crippen LogP contribution in [0.15, 0.2) is 18.5 Å². The highest BCUT2D eigenvalue weighted by molar-refractivity contribution is 6.00. The molecule has 2 aromatic rings. The minimum atomic E-state index is -0.547. The number of rotatable bonds is 6. The van der Waals surface area contributed by atoms with Gasteiger partial charge in [0, 0.05) is 43.3 Å². The molecule has 0 bridgehead atoms. The number of carbonyl (C=O) groups is 2. The molecule has 0 unspecified atom stereocenters. The van der Waals surface area contributed by atoms with E-state index >= 15 is 0 Å². The molecule has 0 aromatic carbocycles. The number of aryl methyl sites for hydroxylation is 2. The van der Waals surface area contributed by atoms with Crippen molar-refractivity contribution in [2.24, 2.45) is 7.05 Å². The average Bonchev–Trinajstić information content (AvgIpc) is 3.30. The predicted molar refractivity (Wildman–Crippen MR) is 90.7 cm³/mol. The molecule has 1 atom stereocenters. The van der Waals surface area contributed by atoms with Crippen molar-refractivity contribution in [3.63, 3.8) is 0 Å². The van der Waals surface area contributed by atoms with Crippen molar-refractivity contribution in [3.8, 4) is 0 Å². The molecule has 3 rings (SSSR count). The summed E-state index contributed by atoms with van der Waals surface area (Å²) in [5.74, 6) is -0.751. The van der Waals surface area contributed by atoms with Gasteiger partial charge in [0.05, 0.1) is 17.9 Å². The number of aromatic nitrogens is 3. The van der Waals surface area contributed by atoms with Crippen molar-refractivity contribution < 1.29 is 19.1 Å². The second-order valence-electron chi connectivity index (χ2n) is 6.43. The first-order valence-electron chi connectivity index (χ1n) is 8.43. The molecule has 1 aliphatic rings. The molecule has 25 heavy (non-hydrogen) atoms. The van der Waals surface area contributed by atoms with Crippen LogP contribution < -0.4 is 0 Å². The Bertz CT molecular complexity index is 784. The van der Waals surface area contributed by atoms with Crippen molar-refractivity contribution in [1.29, 1.82) is 0 Å². The Hall–Kier alpha value is -2.41. The lowest BCUT2D eigenvalue weighted by Gasteiger charge is -2.14. The summed E-state index contributed by atoms with van der Waals surface area (Å²) in [7, 11) is 1.71. The quantitative estimate of drug-likeness (QED) is 0.592. The van der Waals surface area contributed by atoms with Crippen molar-refractivity contribution in [1.82, 2.24) is 14.3 Å². The lowest BCUT2D eigenvalue weighted by Crippen LogP contribution is -2.18. The highest BCUT2D eigenvalue weighted by atomic mass is 16.5. The Balaban J connectivity index is 1.64. The molecule has 134 valence electrons. The van der Waals surface area contributed by atoms with Crippen LogP contribution in [0.3, 0.4) is 0 Å². The summed E-state index contributed by atoms with van der Waals surface area (Å²) in [5, 5.41) is 3.92. The zero-order valence-corrected chi connectivity index (χ0v) is 14.8. The number of nitrogens with zero attached hydrogens (tertiary/aromatic N) is 3. The molecule has 0 aliphatic carbocycles. The fourth-order valence-corrected chi connectivity index (χ4v) is 3.18. The summed E-state index contributed by atoms with van der Waals surface area (Å²) >= 11 is 0. The van der Waals surface area contributed by atoms with Gasteiger partial charge in [-0.3, -0.25) is 9.48 Å². The fourth-order valence-electron chi connectivity index (χ4n) is 3.18. The number of esters is 1. The summed E-state index contributed by atoms with van der Waals surface area (Å²) in [6.45, 7) is 5.16. The van der Waals surface area contributed by atoms with E-state index in [9.17, 15) is 9.59 Å². The lowest BCUT2D eigenvalue weighted by atomic mass is 10.1. The van der Waals surface area contributed by atoms with Crippen LogP contribution in [0.4, 0.5) is 0 Å². The van der Waals surface area contributed by atoms with E-state index in [2.05, 4.69) is 9.67 Å². The van der Waals surface area contributed by atoms with E-state index in [1.807, 2.05) is 19.9 Å². The second-order valence-corrected chi connectivity index (χ2v) is 6.43. The molecule has 7 heteroatoms. The Morgan fingerprint density at radius 1 is 1.40 bits per heavy atom. The highest BCUT2D eigenvalue weighted by Gasteiger charge is 2.22. The number of hydrogen-bond acceptors (Lipinski definition) is 5. The molecular weight excluding hydrogens is 322 g/mol. The normalized spacial score (nSPS) is 17.0. The SMILES string of the molecule is Cc1cc(C(=O)COC(=O)c2cnn(C)c2)c(C)n1C[C@H]1CCCO1. The van der Waals surface area contributed by atoms with Gasteiger partial charge in [0.2, 0.25) is 5.78 Å². The molecule has 0 amide bonds. The number of Topliss-reactive ketones (excluding diaryl/α,β-unsaturated/α-hetero) is 1. The van der Waals surface area contributed by atoms with Crippen molar-refractivity contribution in [2.45, 2.75) is 39.3 Å². The van der Waals surface area contributed by atoms with E-state index < -0.39 is 5.97 Å². The van der Waals surface area contributed by atoms with Crippen LogP contribution in [-0.2, 0) is 23.1 Å². The maximum atomic E-state index is 12.5. The van der Waals surface area contributed by atoms with Gasteiger partial charge in [0.25, 0.3) is 0 Å². The van der Waals surface area contributed by atoms with E-state index in [1.54, 1.807) is 13.2 Å². The van der Waals surface area contributed by atoms with Gasteiger partial charge in [-0.1, -0.05) is 0 Å². The monoisotopic (exact) mass is 345 g/mol. The summed E-state index contributed by atoms with van der Waals surface area (Å²) in [4.78, 5) is 24.4. The Kier molecular flexibility index (Phi) is 5.03. The Morgan fingerprint density at radius 2 is 2.20 bits per heavy atom. The Morgan fingerprint density at radius 3 is 2.84 bits per heavy atom. The van der Waals surface area contributed by atoms with Crippen LogP contribution in [0.1, 0.15) is 44.9 Å². The third kappa shape index (κ3) is 3.82. The van der Waals surface area contributed by atoms with Crippen LogP contribution in [0.2, 0.25) is 0 Å². The molecule has 1 fully saturated rings. The van der Waals surface area contributed by atoms with E-state index in [4.69, 9.17) is 9.47 Å². The Labute approximate surface area is 146 Å². The standard InChI is InChI=1S/C18H23N3O4/c1-12-7-16(13(2)21(12)10-15-5-4-6-24-15)17(22)11-25-18(23)14-8-19-20(3)9-14/h7-9,15H,4-6,10-11H2,1-3H3/t15-/m1/s1. The summed E-state index contributed by atoms with van der Waals surface area (Å²) in [6.07, 6.45) is 5.31. The van der Waals surface area contributed by atoms with Gasteiger partial charge in [-0.2, -0.15) is 5.10 Å². The van der Waals surface area contributed by atoms with Crippen LogP contribution in [0.5, 0.6) is 0 Å². The van der Waals surface area contributed by atoms with Crippen molar-refractivity contribution in [3.05, 3.63) is 41.0 Å². The molecule has 2 aromatic heterocycles. The molecule has 0 N–H and O–H groups in total. The third-order valence-electron chi connectivity index (χ3n) is 4.56. The minimum absolute atomic E-state index is 0.205. The van der Waals surface area contributed by atoms with Crippen LogP contribution >= 0.6 is 0 Å². The second kappa shape index (κ2) is 7.23. The topological polar surface area (TPSA) is 75.4 Å². The summed E-state index contributed by atoms with van der Waals surface area (Å²) in [5.41, 5.74) is 2.82. The zero-order valence-electron chi connectivity index (χ0n) is 14.8. The third-order valence-corrected chi connectivity index (χ3v) is 4.56. The maximum absolute atomic E-state index is 12.5. The summed E-state index contributed by atoms with van der Waals surface area (Å²) in [6, 6.07) is 1.85. The average molecular weight is 345 g/mol. The molecule has 0 spiro atoms. The minimum Gasteiger partial charge on any atom is -0.454 e. The van der Waals surface area contributed by atoms with Crippen LogP contribution in [0, 0.1) is 13.8 Å². The smallest absolute Gasteiger partial charge is 0.341 e. The van der Waals surface area contributed by atoms with Crippen molar-refractivity contribution >= 4 is 11.8 Å². The van der Waals surface area contributed by atoms with Gasteiger partial charge in [-0.05, 0) is 32.8 Å². The molecule has 1 saturated heterocycles. The molecule has 0 saturated carbocycles. The lowest BCUT2D eigenvalue weighted by molar-refractivity contribution is 0.0474. The first kappa shape index (κ1) is 17.4. The van der Waals surface area contributed by atoms with Crippen molar-refractivity contribution in [2.75, 3.05) is 13.2 Å². The first-order valence-corrected chi connectivity index (χ1v) is 8.43. The van der Waals surface area contributed by atoms with E-state index in [0.29, 0.717) is 11.1 Å². The van der Waals surface area contributed by atoms with Gasteiger partial charge < -0.3 is 14.0 Å². The number of hydrogen-bond donors (Lipinski definition) is 0. The molecular formula is C18H23N3O4. The molecule has 0 radical (unpaired) electrons. The van der Waals surface area contributed by atoms with Gasteiger partial charge in [0.15, 0.2) is 6.61 Å². The molecule has 7 nitrogen and oxygen atoms in total. The number of ether oxygens (including phenoxy) is 2. The predicted octanol–water partition coefficient (Wildman–Crippen LogP) is 2.06. The van der Waals surface area contributed by atoms with Gasteiger partial charge >= 0.3 is 5.97 Å². The van der Waals surface area contributed by atoms with Gasteiger partial charge in [0.1, 0.15) is 0 Å². The van der Waals surface area contributed by atoms with E-state index in [1.165, 1.54) is 10.9 Å². The van der Waals surface area contributed by atoms with Gasteiger partial charge in [-0.25, -0.2) is 4.79 Å². The number of ketones is 1. The molecule has 3 heterocycles. The first-order chi connectivity index (χ1) is 12.0. The maximum Gasteiger partial charge on any atom is 0.341 e. The zero-order chi connectivity index (χ0) is 18.0. The van der Waals surface area contributed by atoms with Gasteiger partial charge in [-0.15, -0.1) is 0 Å².